The van der Waals surface area contributed by atoms with E-state index in [1.54, 1.807) is 0 Å². The molecule has 0 spiro atoms. The van der Waals surface area contributed by atoms with Crippen LogP contribution >= 0.6 is 22.6 Å². The van der Waals surface area contributed by atoms with E-state index in [-0.39, 0.29) is 0 Å². The molecule has 1 rings (SSSR count). The lowest BCUT2D eigenvalue weighted by atomic mass is 10.3. The standard InChI is InChI=1S/C9H12INO/c1-7-3-4-9(11-5-7)12-6-8(2)10/h3-5,8H,6H2,1-2H3. The molecule has 0 aliphatic rings. The fourth-order valence-electron chi connectivity index (χ4n) is 0.740. The lowest BCUT2D eigenvalue weighted by molar-refractivity contribution is 0.313. The van der Waals surface area contributed by atoms with E-state index >= 15 is 0 Å². The maximum Gasteiger partial charge on any atom is 0.213 e. The summed E-state index contributed by atoms with van der Waals surface area (Å²) in [6, 6.07) is 3.90. The van der Waals surface area contributed by atoms with Gasteiger partial charge >= 0.3 is 0 Å². The van der Waals surface area contributed by atoms with Gasteiger partial charge in [-0.05, 0) is 12.5 Å². The average molecular weight is 277 g/mol. The van der Waals surface area contributed by atoms with Gasteiger partial charge in [-0.1, -0.05) is 35.6 Å². The van der Waals surface area contributed by atoms with E-state index in [1.165, 1.54) is 0 Å². The molecule has 1 unspecified atom stereocenters. The summed E-state index contributed by atoms with van der Waals surface area (Å²) < 4.78 is 5.92. The third kappa shape index (κ3) is 3.38. The van der Waals surface area contributed by atoms with E-state index in [1.807, 2.05) is 25.3 Å². The highest BCUT2D eigenvalue weighted by Gasteiger charge is 1.97. The van der Waals surface area contributed by atoms with Crippen LogP contribution in [0.3, 0.4) is 0 Å². The Balaban J connectivity index is 2.48. The van der Waals surface area contributed by atoms with Crippen molar-refractivity contribution in [3.05, 3.63) is 23.9 Å². The summed E-state index contributed by atoms with van der Waals surface area (Å²) in [5, 5.41) is 0. The zero-order valence-electron chi connectivity index (χ0n) is 7.25. The van der Waals surface area contributed by atoms with Gasteiger partial charge in [-0.2, -0.15) is 0 Å². The first kappa shape index (κ1) is 9.77. The quantitative estimate of drug-likeness (QED) is 0.626. The molecule has 0 aliphatic carbocycles. The summed E-state index contributed by atoms with van der Waals surface area (Å²) in [7, 11) is 0. The molecular formula is C9H12INO. The Morgan fingerprint density at radius 1 is 1.58 bits per heavy atom. The molecular weight excluding hydrogens is 265 g/mol. The molecule has 12 heavy (non-hydrogen) atoms. The minimum atomic E-state index is 0.519. The number of nitrogens with zero attached hydrogens (tertiary/aromatic N) is 1. The lowest BCUT2D eigenvalue weighted by Gasteiger charge is -2.05. The van der Waals surface area contributed by atoms with Crippen molar-refractivity contribution in [1.82, 2.24) is 4.98 Å². The van der Waals surface area contributed by atoms with E-state index in [2.05, 4.69) is 34.5 Å². The first-order valence-corrected chi connectivity index (χ1v) is 5.12. The first-order chi connectivity index (χ1) is 5.68. The van der Waals surface area contributed by atoms with Gasteiger partial charge in [-0.15, -0.1) is 0 Å². The van der Waals surface area contributed by atoms with Crippen LogP contribution in [0, 0.1) is 6.92 Å². The molecule has 3 heteroatoms. The Morgan fingerprint density at radius 2 is 2.33 bits per heavy atom. The van der Waals surface area contributed by atoms with E-state index < -0.39 is 0 Å². The molecule has 0 bridgehead atoms. The van der Waals surface area contributed by atoms with Crippen molar-refractivity contribution in [1.29, 1.82) is 0 Å². The SMILES string of the molecule is Cc1ccc(OCC(C)I)nc1. The summed E-state index contributed by atoms with van der Waals surface area (Å²) in [4.78, 5) is 4.12. The minimum Gasteiger partial charge on any atom is -0.477 e. The number of halogens is 1. The van der Waals surface area contributed by atoms with Crippen LogP contribution in [0.25, 0.3) is 0 Å². The van der Waals surface area contributed by atoms with Crippen LogP contribution in [0.5, 0.6) is 5.88 Å². The van der Waals surface area contributed by atoms with Gasteiger partial charge in [-0.3, -0.25) is 0 Å². The summed E-state index contributed by atoms with van der Waals surface area (Å²) in [5.41, 5.74) is 1.16. The molecule has 0 aliphatic heterocycles. The van der Waals surface area contributed by atoms with E-state index in [0.29, 0.717) is 9.80 Å². The van der Waals surface area contributed by atoms with Crippen molar-refractivity contribution in [2.45, 2.75) is 17.8 Å². The molecule has 1 atom stereocenters. The number of pyridine rings is 1. The van der Waals surface area contributed by atoms with Gasteiger partial charge in [0.2, 0.25) is 5.88 Å². The van der Waals surface area contributed by atoms with Crippen LogP contribution in [-0.2, 0) is 0 Å². The zero-order chi connectivity index (χ0) is 8.97. The number of alkyl halides is 1. The Kier molecular flexibility index (Phi) is 3.78. The second kappa shape index (κ2) is 4.64. The summed E-state index contributed by atoms with van der Waals surface area (Å²) >= 11 is 2.32. The summed E-state index contributed by atoms with van der Waals surface area (Å²) in [6.07, 6.45) is 1.81. The largest absolute Gasteiger partial charge is 0.477 e. The molecule has 0 saturated carbocycles. The Labute approximate surface area is 86.5 Å². The van der Waals surface area contributed by atoms with Crippen LogP contribution in [0.4, 0.5) is 0 Å². The van der Waals surface area contributed by atoms with Gasteiger partial charge in [-0.25, -0.2) is 4.98 Å². The third-order valence-electron chi connectivity index (χ3n) is 1.35. The minimum absolute atomic E-state index is 0.519. The molecule has 0 saturated heterocycles. The van der Waals surface area contributed by atoms with Crippen LogP contribution in [-0.4, -0.2) is 15.5 Å². The van der Waals surface area contributed by atoms with Gasteiger partial charge in [0.05, 0.1) is 0 Å². The fourth-order valence-corrected chi connectivity index (χ4v) is 0.920. The van der Waals surface area contributed by atoms with E-state index in [4.69, 9.17) is 4.74 Å². The Hall–Kier alpha value is -0.320. The maximum atomic E-state index is 5.40. The number of hydrogen-bond donors (Lipinski definition) is 0. The van der Waals surface area contributed by atoms with Gasteiger partial charge in [0, 0.05) is 16.2 Å². The van der Waals surface area contributed by atoms with Crippen molar-refractivity contribution in [3.63, 3.8) is 0 Å². The molecule has 0 amide bonds. The molecule has 1 aromatic rings. The van der Waals surface area contributed by atoms with Gasteiger partial charge in [0.1, 0.15) is 6.61 Å². The van der Waals surface area contributed by atoms with Gasteiger partial charge in [0.15, 0.2) is 0 Å². The van der Waals surface area contributed by atoms with Gasteiger partial charge < -0.3 is 4.74 Å². The molecule has 66 valence electrons. The normalized spacial score (nSPS) is 12.6. The second-order valence-corrected chi connectivity index (χ2v) is 4.89. The number of aryl methyl sites for hydroxylation is 1. The molecule has 0 radical (unpaired) electrons. The predicted octanol–water partition coefficient (Wildman–Crippen LogP) is 2.59. The first-order valence-electron chi connectivity index (χ1n) is 3.88. The summed E-state index contributed by atoms with van der Waals surface area (Å²) in [6.45, 7) is 4.84. The fraction of sp³-hybridized carbons (Fsp3) is 0.444. The lowest BCUT2D eigenvalue weighted by Crippen LogP contribution is -2.07. The molecule has 1 aromatic heterocycles. The number of hydrogen-bond acceptors (Lipinski definition) is 2. The molecule has 0 aromatic carbocycles. The number of rotatable bonds is 3. The van der Waals surface area contributed by atoms with Crippen molar-refractivity contribution < 1.29 is 4.74 Å². The zero-order valence-corrected chi connectivity index (χ0v) is 9.41. The second-order valence-electron chi connectivity index (χ2n) is 2.77. The predicted molar refractivity (Wildman–Crippen MR) is 58.0 cm³/mol. The molecule has 0 fully saturated rings. The topological polar surface area (TPSA) is 22.1 Å². The molecule has 1 heterocycles. The highest BCUT2D eigenvalue weighted by atomic mass is 127. The van der Waals surface area contributed by atoms with E-state index in [0.717, 1.165) is 12.2 Å². The van der Waals surface area contributed by atoms with E-state index in [9.17, 15) is 0 Å². The highest BCUT2D eigenvalue weighted by Crippen LogP contribution is 2.08. The van der Waals surface area contributed by atoms with Crippen molar-refractivity contribution in [3.8, 4) is 5.88 Å². The monoisotopic (exact) mass is 277 g/mol. The van der Waals surface area contributed by atoms with Gasteiger partial charge in [0.25, 0.3) is 0 Å². The van der Waals surface area contributed by atoms with Crippen LogP contribution in [0.1, 0.15) is 12.5 Å². The van der Waals surface area contributed by atoms with Crippen LogP contribution < -0.4 is 4.74 Å². The van der Waals surface area contributed by atoms with Crippen LogP contribution in [0.15, 0.2) is 18.3 Å². The third-order valence-corrected chi connectivity index (χ3v) is 1.70. The Bertz CT molecular complexity index is 233. The summed E-state index contributed by atoms with van der Waals surface area (Å²) in [5.74, 6) is 0.712. The Morgan fingerprint density at radius 3 is 2.83 bits per heavy atom. The maximum absolute atomic E-state index is 5.40. The average Bonchev–Trinajstić information content (AvgIpc) is 2.03. The molecule has 2 nitrogen and oxygen atoms in total. The highest BCUT2D eigenvalue weighted by molar-refractivity contribution is 14.1. The number of ether oxygens (including phenoxy) is 1. The van der Waals surface area contributed by atoms with Crippen molar-refractivity contribution >= 4 is 22.6 Å². The molecule has 0 N–H and O–H groups in total. The smallest absolute Gasteiger partial charge is 0.213 e. The van der Waals surface area contributed by atoms with Crippen molar-refractivity contribution in [2.75, 3.05) is 6.61 Å². The van der Waals surface area contributed by atoms with Crippen LogP contribution in [0.2, 0.25) is 0 Å². The number of aromatic nitrogens is 1. The van der Waals surface area contributed by atoms with Crippen molar-refractivity contribution in [2.24, 2.45) is 0 Å².